The molecule has 4 nitrogen and oxygen atoms in total. The molecule has 0 radical (unpaired) electrons. The summed E-state index contributed by atoms with van der Waals surface area (Å²) in [4.78, 5) is 4.55. The van der Waals surface area contributed by atoms with E-state index < -0.39 is 0 Å². The van der Waals surface area contributed by atoms with Gasteiger partial charge in [-0.15, -0.1) is 0 Å². The molecule has 0 saturated heterocycles. The Balaban J connectivity index is 2.23. The van der Waals surface area contributed by atoms with Crippen LogP contribution in [0.25, 0.3) is 11.3 Å². The van der Waals surface area contributed by atoms with Crippen LogP contribution >= 0.6 is 0 Å². The summed E-state index contributed by atoms with van der Waals surface area (Å²) in [6, 6.07) is 15.3. The summed E-state index contributed by atoms with van der Waals surface area (Å²) in [5, 5.41) is 12.2. The third-order valence-electron chi connectivity index (χ3n) is 2.76. The third-order valence-corrected chi connectivity index (χ3v) is 2.76. The summed E-state index contributed by atoms with van der Waals surface area (Å²) >= 11 is 0. The smallest absolute Gasteiger partial charge is 0.126 e. The van der Waals surface area contributed by atoms with Gasteiger partial charge in [-0.1, -0.05) is 18.2 Å². The molecule has 1 aromatic carbocycles. The van der Waals surface area contributed by atoms with E-state index in [9.17, 15) is 0 Å². The normalized spacial score (nSPS) is 10.9. The van der Waals surface area contributed by atoms with E-state index in [0.29, 0.717) is 12.1 Å². The monoisotopic (exact) mass is 266 g/mol. The quantitative estimate of drug-likeness (QED) is 0.892. The zero-order valence-corrected chi connectivity index (χ0v) is 11.7. The number of nitrogens with one attached hydrogen (secondary N) is 1. The van der Waals surface area contributed by atoms with Gasteiger partial charge < -0.3 is 11.1 Å². The van der Waals surface area contributed by atoms with Crippen LogP contribution in [0, 0.1) is 11.3 Å². The second-order valence-electron chi connectivity index (χ2n) is 5.44. The second kappa shape index (κ2) is 5.72. The van der Waals surface area contributed by atoms with Crippen LogP contribution in [0.4, 0.5) is 5.82 Å². The number of rotatable bonds is 4. The summed E-state index contributed by atoms with van der Waals surface area (Å²) < 4.78 is 0. The highest BCUT2D eigenvalue weighted by Gasteiger charge is 2.10. The van der Waals surface area contributed by atoms with Gasteiger partial charge in [-0.25, -0.2) is 4.98 Å². The largest absolute Gasteiger partial charge is 0.368 e. The van der Waals surface area contributed by atoms with Crippen molar-refractivity contribution in [2.75, 3.05) is 11.9 Å². The minimum absolute atomic E-state index is 0.293. The van der Waals surface area contributed by atoms with E-state index in [2.05, 4.69) is 16.4 Å². The van der Waals surface area contributed by atoms with Crippen LogP contribution in [0.5, 0.6) is 0 Å². The highest BCUT2D eigenvalue weighted by molar-refractivity contribution is 5.63. The molecule has 2 aromatic rings. The lowest BCUT2D eigenvalue weighted by Crippen LogP contribution is -2.39. The molecule has 4 heteroatoms. The minimum Gasteiger partial charge on any atom is -0.368 e. The molecule has 0 bridgehead atoms. The van der Waals surface area contributed by atoms with Gasteiger partial charge in [0, 0.05) is 17.6 Å². The van der Waals surface area contributed by atoms with Gasteiger partial charge in [-0.05, 0) is 38.1 Å². The highest BCUT2D eigenvalue weighted by atomic mass is 15.0. The Hall–Kier alpha value is -2.38. The number of hydrogen-bond acceptors (Lipinski definition) is 4. The number of hydrogen-bond donors (Lipinski definition) is 2. The van der Waals surface area contributed by atoms with Crippen LogP contribution < -0.4 is 11.1 Å². The number of anilines is 1. The Kier molecular flexibility index (Phi) is 4.02. The number of benzene rings is 1. The molecule has 0 aliphatic carbocycles. The molecule has 0 aliphatic heterocycles. The predicted octanol–water partition coefficient (Wildman–Crippen LogP) is 2.77. The summed E-state index contributed by atoms with van der Waals surface area (Å²) in [5.74, 6) is 0.781. The van der Waals surface area contributed by atoms with E-state index in [-0.39, 0.29) is 5.54 Å². The van der Waals surface area contributed by atoms with Crippen molar-refractivity contribution in [1.29, 1.82) is 5.26 Å². The average molecular weight is 266 g/mol. The van der Waals surface area contributed by atoms with Crippen molar-refractivity contribution < 1.29 is 0 Å². The van der Waals surface area contributed by atoms with Crippen molar-refractivity contribution in [3.63, 3.8) is 0 Å². The van der Waals surface area contributed by atoms with Gasteiger partial charge in [0.05, 0.1) is 17.3 Å². The van der Waals surface area contributed by atoms with E-state index in [1.807, 2.05) is 50.2 Å². The first-order chi connectivity index (χ1) is 9.48. The maximum Gasteiger partial charge on any atom is 0.126 e. The van der Waals surface area contributed by atoms with Gasteiger partial charge in [0.25, 0.3) is 0 Å². The lowest BCUT2D eigenvalue weighted by molar-refractivity contribution is 0.548. The molecule has 0 atom stereocenters. The summed E-state index contributed by atoms with van der Waals surface area (Å²) in [6.45, 7) is 4.56. The molecule has 0 amide bonds. The molecule has 0 saturated carbocycles. The molecule has 1 aromatic heterocycles. The van der Waals surface area contributed by atoms with Crippen molar-refractivity contribution in [3.8, 4) is 17.3 Å². The van der Waals surface area contributed by atoms with E-state index in [1.165, 1.54) is 0 Å². The van der Waals surface area contributed by atoms with Gasteiger partial charge in [-0.3, -0.25) is 0 Å². The SMILES string of the molecule is CC(C)(N)CNc1cccc(-c2cccc(C#N)c2)n1. The lowest BCUT2D eigenvalue weighted by atomic mass is 10.1. The van der Waals surface area contributed by atoms with Gasteiger partial charge in [0.1, 0.15) is 5.82 Å². The van der Waals surface area contributed by atoms with Gasteiger partial charge >= 0.3 is 0 Å². The van der Waals surface area contributed by atoms with E-state index in [1.54, 1.807) is 6.07 Å². The fraction of sp³-hybridized carbons (Fsp3) is 0.250. The standard InChI is InChI=1S/C16H18N4/c1-16(2,18)11-19-15-8-4-7-14(20-15)13-6-3-5-12(9-13)10-17/h3-9H,11,18H2,1-2H3,(H,19,20). The lowest BCUT2D eigenvalue weighted by Gasteiger charge is -2.19. The fourth-order valence-corrected chi connectivity index (χ4v) is 1.76. The zero-order chi connectivity index (χ0) is 14.6. The predicted molar refractivity (Wildman–Crippen MR) is 81.1 cm³/mol. The van der Waals surface area contributed by atoms with Crippen LogP contribution in [0.1, 0.15) is 19.4 Å². The Bertz CT molecular complexity index is 635. The van der Waals surface area contributed by atoms with Crippen molar-refractivity contribution in [2.24, 2.45) is 5.73 Å². The molecule has 0 spiro atoms. The summed E-state index contributed by atoms with van der Waals surface area (Å²) in [7, 11) is 0. The number of nitrogens with two attached hydrogens (primary N) is 1. The molecule has 0 aliphatic rings. The van der Waals surface area contributed by atoms with Gasteiger partial charge in [0.2, 0.25) is 0 Å². The molecule has 3 N–H and O–H groups in total. The molecule has 2 rings (SSSR count). The van der Waals surface area contributed by atoms with Crippen LogP contribution in [0.15, 0.2) is 42.5 Å². The van der Waals surface area contributed by atoms with E-state index in [4.69, 9.17) is 11.0 Å². The third kappa shape index (κ3) is 3.81. The first-order valence-corrected chi connectivity index (χ1v) is 6.48. The van der Waals surface area contributed by atoms with Crippen LogP contribution in [0.2, 0.25) is 0 Å². The first kappa shape index (κ1) is 14.0. The molecular weight excluding hydrogens is 248 g/mol. The summed E-state index contributed by atoms with van der Waals surface area (Å²) in [6.07, 6.45) is 0. The van der Waals surface area contributed by atoms with Gasteiger partial charge in [-0.2, -0.15) is 5.26 Å². The number of aromatic nitrogens is 1. The van der Waals surface area contributed by atoms with Crippen molar-refractivity contribution in [2.45, 2.75) is 19.4 Å². The molecule has 0 unspecified atom stereocenters. The Morgan fingerprint density at radius 1 is 1.25 bits per heavy atom. The number of nitriles is 1. The number of nitrogens with zero attached hydrogens (tertiary/aromatic N) is 2. The Morgan fingerprint density at radius 2 is 2.00 bits per heavy atom. The Morgan fingerprint density at radius 3 is 2.70 bits per heavy atom. The molecule has 0 fully saturated rings. The van der Waals surface area contributed by atoms with Crippen LogP contribution in [-0.2, 0) is 0 Å². The zero-order valence-electron chi connectivity index (χ0n) is 11.7. The minimum atomic E-state index is -0.293. The van der Waals surface area contributed by atoms with E-state index in [0.717, 1.165) is 17.1 Å². The van der Waals surface area contributed by atoms with Crippen LogP contribution in [0.3, 0.4) is 0 Å². The van der Waals surface area contributed by atoms with E-state index >= 15 is 0 Å². The van der Waals surface area contributed by atoms with Crippen molar-refractivity contribution >= 4 is 5.82 Å². The first-order valence-electron chi connectivity index (χ1n) is 6.48. The maximum atomic E-state index is 8.94. The second-order valence-corrected chi connectivity index (χ2v) is 5.44. The van der Waals surface area contributed by atoms with Crippen molar-refractivity contribution in [3.05, 3.63) is 48.0 Å². The van der Waals surface area contributed by atoms with Crippen molar-refractivity contribution in [1.82, 2.24) is 4.98 Å². The number of pyridine rings is 1. The van der Waals surface area contributed by atoms with Gasteiger partial charge in [0.15, 0.2) is 0 Å². The topological polar surface area (TPSA) is 74.7 Å². The fourth-order valence-electron chi connectivity index (χ4n) is 1.76. The van der Waals surface area contributed by atoms with Crippen LogP contribution in [-0.4, -0.2) is 17.1 Å². The molecular formula is C16H18N4. The average Bonchev–Trinajstić information content (AvgIpc) is 2.45. The molecule has 102 valence electrons. The molecule has 1 heterocycles. The molecule has 20 heavy (non-hydrogen) atoms. The maximum absolute atomic E-state index is 8.94. The highest BCUT2D eigenvalue weighted by Crippen LogP contribution is 2.20. The Labute approximate surface area is 119 Å². The summed E-state index contributed by atoms with van der Waals surface area (Å²) in [5.41, 5.74) is 8.05.